The number of rotatable bonds is 7. The molecule has 0 unspecified atom stereocenters. The molecule has 4 aromatic rings. The van der Waals surface area contributed by atoms with Crippen LogP contribution in [0.15, 0.2) is 85.1 Å². The Bertz CT molecular complexity index is 1560. The molecule has 0 aliphatic carbocycles. The van der Waals surface area contributed by atoms with Crippen LogP contribution < -0.4 is 20.9 Å². The Kier molecular flexibility index (Phi) is 8.21. The second-order valence-electron chi connectivity index (χ2n) is 10.1. The lowest BCUT2D eigenvalue weighted by molar-refractivity contribution is -0.137. The van der Waals surface area contributed by atoms with Crippen molar-refractivity contribution >= 4 is 40.3 Å². The third-order valence-corrected chi connectivity index (χ3v) is 7.12. The summed E-state index contributed by atoms with van der Waals surface area (Å²) in [6, 6.07) is 21.0. The number of aryl methyl sites for hydroxylation is 1. The molecule has 0 atom stereocenters. The Morgan fingerprint density at radius 3 is 1.88 bits per heavy atom. The van der Waals surface area contributed by atoms with Gasteiger partial charge in [0.1, 0.15) is 5.69 Å². The van der Waals surface area contributed by atoms with Gasteiger partial charge in [-0.2, -0.15) is 13.2 Å². The number of carbonyl (C=O) groups is 2. The molecular formula is C31H30F3N5O3. The van der Waals surface area contributed by atoms with Crippen LogP contribution in [-0.2, 0) is 13.2 Å². The number of nitrogens with zero attached hydrogens (tertiary/aromatic N) is 2. The van der Waals surface area contributed by atoms with Crippen LogP contribution in [0.25, 0.3) is 0 Å². The van der Waals surface area contributed by atoms with Crippen molar-refractivity contribution in [2.24, 2.45) is 7.05 Å². The molecule has 11 heteroatoms. The minimum Gasteiger partial charge on any atom is -0.393 e. The summed E-state index contributed by atoms with van der Waals surface area (Å²) in [5, 5.41) is 18.4. The van der Waals surface area contributed by atoms with Crippen molar-refractivity contribution in [1.29, 1.82) is 0 Å². The van der Waals surface area contributed by atoms with E-state index in [9.17, 15) is 27.9 Å². The summed E-state index contributed by atoms with van der Waals surface area (Å²) in [4.78, 5) is 26.8. The molecule has 218 valence electrons. The Balaban J connectivity index is 1.20. The summed E-state index contributed by atoms with van der Waals surface area (Å²) in [6.45, 7) is 0.621. The third-order valence-electron chi connectivity index (χ3n) is 7.12. The monoisotopic (exact) mass is 577 g/mol. The topological polar surface area (TPSA) is 98.6 Å². The number of benzene rings is 3. The summed E-state index contributed by atoms with van der Waals surface area (Å²) < 4.78 is 43.4. The molecule has 0 spiro atoms. The molecule has 8 nitrogen and oxygen atoms in total. The SMILES string of the molecule is Cn1cccc1C(=O)Nc1ccc(Nc2ccc(NC(=O)c3ccc(N4CCC(O)CC4)c(C(F)(F)F)c3)cc2)cc1. The van der Waals surface area contributed by atoms with Gasteiger partial charge in [-0.25, -0.2) is 0 Å². The van der Waals surface area contributed by atoms with Gasteiger partial charge >= 0.3 is 6.18 Å². The van der Waals surface area contributed by atoms with E-state index >= 15 is 0 Å². The fourth-order valence-electron chi connectivity index (χ4n) is 4.82. The van der Waals surface area contributed by atoms with E-state index < -0.39 is 23.8 Å². The van der Waals surface area contributed by atoms with Crippen LogP contribution in [0.2, 0.25) is 0 Å². The minimum absolute atomic E-state index is 0.00732. The number of piperidine rings is 1. The average Bonchev–Trinajstić information content (AvgIpc) is 3.41. The molecule has 5 rings (SSSR count). The molecule has 4 N–H and O–H groups in total. The van der Waals surface area contributed by atoms with Crippen molar-refractivity contribution in [2.45, 2.75) is 25.1 Å². The molecule has 2 heterocycles. The van der Waals surface area contributed by atoms with Gasteiger partial charge in [0.15, 0.2) is 0 Å². The fraction of sp³-hybridized carbons (Fsp3) is 0.226. The second kappa shape index (κ2) is 12.0. The number of carbonyl (C=O) groups excluding carboxylic acids is 2. The molecule has 42 heavy (non-hydrogen) atoms. The molecular weight excluding hydrogens is 547 g/mol. The molecule has 3 aromatic carbocycles. The number of hydrogen-bond acceptors (Lipinski definition) is 5. The van der Waals surface area contributed by atoms with Crippen molar-refractivity contribution in [3.05, 3.63) is 102 Å². The first-order valence-corrected chi connectivity index (χ1v) is 13.4. The summed E-state index contributed by atoms with van der Waals surface area (Å²) >= 11 is 0. The van der Waals surface area contributed by atoms with E-state index in [-0.39, 0.29) is 17.2 Å². The molecule has 1 aliphatic rings. The normalized spacial score (nSPS) is 14.0. The number of aliphatic hydroxyl groups is 1. The number of alkyl halides is 3. The van der Waals surface area contributed by atoms with Crippen LogP contribution >= 0.6 is 0 Å². The van der Waals surface area contributed by atoms with Gasteiger partial charge in [0.05, 0.1) is 11.7 Å². The number of halogens is 3. The van der Waals surface area contributed by atoms with Gasteiger partial charge in [0.2, 0.25) is 0 Å². The van der Waals surface area contributed by atoms with Gasteiger partial charge in [0, 0.05) is 60.3 Å². The first kappa shape index (κ1) is 28.7. The zero-order valence-corrected chi connectivity index (χ0v) is 22.8. The summed E-state index contributed by atoms with van der Waals surface area (Å²) in [6.07, 6.45) is -2.57. The Hall–Kier alpha value is -4.77. The molecule has 1 saturated heterocycles. The number of amides is 2. The average molecular weight is 578 g/mol. The molecule has 0 radical (unpaired) electrons. The molecule has 0 bridgehead atoms. The van der Waals surface area contributed by atoms with Crippen molar-refractivity contribution < 1.29 is 27.9 Å². The van der Waals surface area contributed by atoms with E-state index in [2.05, 4.69) is 16.0 Å². The van der Waals surface area contributed by atoms with Gasteiger partial charge < -0.3 is 30.5 Å². The number of anilines is 5. The van der Waals surface area contributed by atoms with Crippen molar-refractivity contribution in [3.63, 3.8) is 0 Å². The van der Waals surface area contributed by atoms with Crippen LogP contribution in [0.3, 0.4) is 0 Å². The van der Waals surface area contributed by atoms with Crippen molar-refractivity contribution in [2.75, 3.05) is 33.9 Å². The van der Waals surface area contributed by atoms with Crippen LogP contribution in [0.4, 0.5) is 41.6 Å². The molecule has 1 fully saturated rings. The van der Waals surface area contributed by atoms with Crippen molar-refractivity contribution in [1.82, 2.24) is 4.57 Å². The standard InChI is InChI=1S/C31H30F3N5O3/c1-38-16-2-3-28(38)30(42)37-24-11-7-22(8-12-24)35-21-5-9-23(10-6-21)36-29(41)20-4-13-27(26(19-20)31(32,33)34)39-17-14-25(40)15-18-39/h2-13,16,19,25,35,40H,14-15,17-18H2,1H3,(H,36,41)(H,37,42). The Morgan fingerprint density at radius 1 is 0.810 bits per heavy atom. The largest absolute Gasteiger partial charge is 0.418 e. The highest BCUT2D eigenvalue weighted by Gasteiger charge is 2.36. The maximum absolute atomic E-state index is 13.9. The maximum atomic E-state index is 13.9. The molecule has 0 saturated carbocycles. The van der Waals surface area contributed by atoms with Crippen LogP contribution in [0.5, 0.6) is 0 Å². The van der Waals surface area contributed by atoms with E-state index in [1.54, 1.807) is 71.2 Å². The van der Waals surface area contributed by atoms with Crippen LogP contribution in [0, 0.1) is 0 Å². The highest BCUT2D eigenvalue weighted by atomic mass is 19.4. The summed E-state index contributed by atoms with van der Waals surface area (Å²) in [7, 11) is 1.80. The zero-order valence-electron chi connectivity index (χ0n) is 22.8. The van der Waals surface area contributed by atoms with Gasteiger partial charge in [0.25, 0.3) is 11.8 Å². The Labute approximate surface area is 240 Å². The lowest BCUT2D eigenvalue weighted by Gasteiger charge is -2.33. The predicted molar refractivity (Wildman–Crippen MR) is 156 cm³/mol. The number of hydrogen-bond donors (Lipinski definition) is 4. The zero-order chi connectivity index (χ0) is 29.9. The highest BCUT2D eigenvalue weighted by molar-refractivity contribution is 6.05. The van der Waals surface area contributed by atoms with Crippen molar-refractivity contribution in [3.8, 4) is 0 Å². The summed E-state index contributed by atoms with van der Waals surface area (Å²) in [5.74, 6) is -0.871. The fourth-order valence-corrected chi connectivity index (χ4v) is 4.82. The van der Waals surface area contributed by atoms with Gasteiger partial charge in [-0.15, -0.1) is 0 Å². The molecule has 1 aromatic heterocycles. The van der Waals surface area contributed by atoms with E-state index in [4.69, 9.17) is 0 Å². The third kappa shape index (κ3) is 6.74. The number of nitrogens with one attached hydrogen (secondary N) is 3. The molecule has 2 amide bonds. The maximum Gasteiger partial charge on any atom is 0.418 e. The highest BCUT2D eigenvalue weighted by Crippen LogP contribution is 2.38. The van der Waals surface area contributed by atoms with Gasteiger partial charge in [-0.3, -0.25) is 9.59 Å². The van der Waals surface area contributed by atoms with E-state index in [0.29, 0.717) is 43.0 Å². The number of aliphatic hydroxyl groups excluding tert-OH is 1. The molecule has 1 aliphatic heterocycles. The van der Waals surface area contributed by atoms with Gasteiger partial charge in [-0.1, -0.05) is 0 Å². The smallest absolute Gasteiger partial charge is 0.393 e. The summed E-state index contributed by atoms with van der Waals surface area (Å²) in [5.41, 5.74) is 2.12. The lowest BCUT2D eigenvalue weighted by Crippen LogP contribution is -2.37. The van der Waals surface area contributed by atoms with Crippen LogP contribution in [-0.4, -0.2) is 40.7 Å². The quantitative estimate of drug-likeness (QED) is 0.208. The van der Waals surface area contributed by atoms with E-state index in [1.807, 2.05) is 12.1 Å². The second-order valence-corrected chi connectivity index (χ2v) is 10.1. The van der Waals surface area contributed by atoms with E-state index in [0.717, 1.165) is 17.4 Å². The first-order chi connectivity index (χ1) is 20.1. The first-order valence-electron chi connectivity index (χ1n) is 13.4. The van der Waals surface area contributed by atoms with Gasteiger partial charge in [-0.05, 0) is 91.7 Å². The Morgan fingerprint density at radius 2 is 1.36 bits per heavy atom. The van der Waals surface area contributed by atoms with E-state index in [1.165, 1.54) is 12.1 Å². The number of aromatic nitrogens is 1. The predicted octanol–water partition coefficient (Wildman–Crippen LogP) is 6.25. The lowest BCUT2D eigenvalue weighted by atomic mass is 10.0. The van der Waals surface area contributed by atoms with Crippen LogP contribution in [0.1, 0.15) is 39.3 Å². The minimum atomic E-state index is -4.64.